The summed E-state index contributed by atoms with van der Waals surface area (Å²) in [5.41, 5.74) is 0.916. The van der Waals surface area contributed by atoms with E-state index in [-0.39, 0.29) is 0 Å². The van der Waals surface area contributed by atoms with Crippen LogP contribution in [0.25, 0.3) is 11.1 Å². The molecule has 1 atom stereocenters. The van der Waals surface area contributed by atoms with Crippen LogP contribution in [-0.4, -0.2) is 25.4 Å². The minimum atomic E-state index is -2.67. The summed E-state index contributed by atoms with van der Waals surface area (Å²) in [6, 6.07) is 14.8. The maximum Gasteiger partial charge on any atom is 0.330 e. The van der Waals surface area contributed by atoms with Crippen LogP contribution in [0, 0.1) is 0 Å². The van der Waals surface area contributed by atoms with Gasteiger partial charge < -0.3 is 9.66 Å². The van der Waals surface area contributed by atoms with E-state index < -0.39 is 22.8 Å². The molecule has 0 spiro atoms. The molecule has 5 nitrogen and oxygen atoms in total. The zero-order valence-corrected chi connectivity index (χ0v) is 16.5. The molecule has 0 amide bonds. The fourth-order valence-electron chi connectivity index (χ4n) is 3.55. The number of hydrogen-bond donors (Lipinski definition) is 1. The normalized spacial score (nSPS) is 17.5. The highest BCUT2D eigenvalue weighted by molar-refractivity contribution is 9.10. The average Bonchev–Trinajstić information content (AvgIpc) is 2.63. The summed E-state index contributed by atoms with van der Waals surface area (Å²) in [6.07, 6.45) is 2.99. The van der Waals surface area contributed by atoms with Crippen molar-refractivity contribution in [1.82, 2.24) is 0 Å². The summed E-state index contributed by atoms with van der Waals surface area (Å²) in [5, 5.41) is 9.81. The molecule has 2 aromatic rings. The Morgan fingerprint density at radius 3 is 1.96 bits per heavy atom. The quantitative estimate of drug-likeness (QED) is 0.699. The van der Waals surface area contributed by atoms with Gasteiger partial charge >= 0.3 is 5.97 Å². The summed E-state index contributed by atoms with van der Waals surface area (Å²) >= 11 is 0.728. The van der Waals surface area contributed by atoms with E-state index in [0.29, 0.717) is 31.4 Å². The third-order valence-electron chi connectivity index (χ3n) is 4.90. The molecule has 0 aliphatic heterocycles. The highest BCUT2D eigenvalue weighted by atomic mass is 79.9. The van der Waals surface area contributed by atoms with Crippen LogP contribution in [0.4, 0.5) is 5.69 Å². The number of rotatable bonds is 5. The Hall–Kier alpha value is -1.70. The molecule has 3 rings (SSSR count). The number of benzene rings is 2. The fourth-order valence-corrected chi connectivity index (χ4v) is 4.65. The smallest absolute Gasteiger partial charge is 0.330 e. The zero-order chi connectivity index (χ0) is 18.7. The van der Waals surface area contributed by atoms with Crippen LogP contribution in [-0.2, 0) is 16.1 Å². The third kappa shape index (κ3) is 3.70. The summed E-state index contributed by atoms with van der Waals surface area (Å²) in [7, 11) is 0. The van der Waals surface area contributed by atoms with E-state index in [1.165, 1.54) is 0 Å². The number of carboxylic acids is 1. The van der Waals surface area contributed by atoms with E-state index >= 15 is 0 Å². The summed E-state index contributed by atoms with van der Waals surface area (Å²) < 4.78 is 25.9. The van der Waals surface area contributed by atoms with E-state index in [4.69, 9.17) is 0 Å². The highest BCUT2D eigenvalue weighted by Crippen LogP contribution is 2.38. The molecule has 26 heavy (non-hydrogen) atoms. The SMILES string of the molecule is O=C(O)C1(N(c2ccc(-c3ccc(Br)cc3)cc2)S(=O)[O-])CCCCC1. The number of carboxylic acid groups (broad SMARTS) is 1. The largest absolute Gasteiger partial charge is 0.755 e. The van der Waals surface area contributed by atoms with Gasteiger partial charge in [-0.2, -0.15) is 0 Å². The second-order valence-corrected chi connectivity index (χ2v) is 8.18. The van der Waals surface area contributed by atoms with Crippen molar-refractivity contribution in [3.63, 3.8) is 0 Å². The summed E-state index contributed by atoms with van der Waals surface area (Å²) in [6.45, 7) is 0. The predicted octanol–water partition coefficient (Wildman–Crippen LogP) is 4.50. The van der Waals surface area contributed by atoms with Gasteiger partial charge in [-0.25, -0.2) is 4.79 Å². The van der Waals surface area contributed by atoms with Gasteiger partial charge in [0.25, 0.3) is 0 Å². The Kier molecular flexibility index (Phi) is 5.79. The van der Waals surface area contributed by atoms with E-state index in [2.05, 4.69) is 15.9 Å². The molecule has 7 heteroatoms. The van der Waals surface area contributed by atoms with E-state index in [1.54, 1.807) is 12.1 Å². The Morgan fingerprint density at radius 2 is 1.50 bits per heavy atom. The van der Waals surface area contributed by atoms with Gasteiger partial charge in [0.1, 0.15) is 5.54 Å². The van der Waals surface area contributed by atoms with Crippen molar-refractivity contribution in [2.75, 3.05) is 4.31 Å². The number of hydrogen-bond acceptors (Lipinski definition) is 3. The lowest BCUT2D eigenvalue weighted by Crippen LogP contribution is -2.56. The molecule has 1 fully saturated rings. The Morgan fingerprint density at radius 1 is 1.00 bits per heavy atom. The van der Waals surface area contributed by atoms with Crippen LogP contribution in [0.1, 0.15) is 32.1 Å². The van der Waals surface area contributed by atoms with Crippen molar-refractivity contribution in [3.8, 4) is 11.1 Å². The summed E-state index contributed by atoms with van der Waals surface area (Å²) in [5.74, 6) is -1.08. The first-order chi connectivity index (χ1) is 12.4. The molecule has 2 aromatic carbocycles. The first-order valence-electron chi connectivity index (χ1n) is 8.43. The van der Waals surface area contributed by atoms with Gasteiger partial charge in [-0.05, 0) is 48.2 Å². The maximum absolute atomic E-state index is 12.0. The minimum Gasteiger partial charge on any atom is -0.755 e. The van der Waals surface area contributed by atoms with Crippen molar-refractivity contribution < 1.29 is 18.7 Å². The van der Waals surface area contributed by atoms with Crippen molar-refractivity contribution in [3.05, 3.63) is 53.0 Å². The van der Waals surface area contributed by atoms with E-state index in [0.717, 1.165) is 26.3 Å². The lowest BCUT2D eigenvalue weighted by molar-refractivity contribution is -0.144. The van der Waals surface area contributed by atoms with Crippen LogP contribution < -0.4 is 4.31 Å². The maximum atomic E-state index is 12.0. The van der Waals surface area contributed by atoms with Crippen LogP contribution in [0.5, 0.6) is 0 Å². The van der Waals surface area contributed by atoms with Gasteiger partial charge in [0.2, 0.25) is 0 Å². The molecule has 1 aliphatic rings. The molecule has 0 heterocycles. The molecule has 1 unspecified atom stereocenters. The number of carbonyl (C=O) groups is 1. The lowest BCUT2D eigenvalue weighted by Gasteiger charge is -2.44. The Labute approximate surface area is 163 Å². The van der Waals surface area contributed by atoms with Crippen molar-refractivity contribution in [2.45, 2.75) is 37.6 Å². The van der Waals surface area contributed by atoms with Crippen LogP contribution in [0.2, 0.25) is 0 Å². The molecule has 0 bridgehead atoms. The van der Waals surface area contributed by atoms with Crippen molar-refractivity contribution in [2.24, 2.45) is 0 Å². The van der Waals surface area contributed by atoms with Gasteiger partial charge in [0.15, 0.2) is 0 Å². The third-order valence-corrected chi connectivity index (χ3v) is 6.28. The van der Waals surface area contributed by atoms with Crippen LogP contribution >= 0.6 is 15.9 Å². The van der Waals surface area contributed by atoms with Crippen LogP contribution in [0.15, 0.2) is 53.0 Å². The molecule has 0 aromatic heterocycles. The number of anilines is 1. The van der Waals surface area contributed by atoms with Crippen molar-refractivity contribution in [1.29, 1.82) is 0 Å². The van der Waals surface area contributed by atoms with Crippen molar-refractivity contribution >= 4 is 38.9 Å². The number of aliphatic carboxylic acids is 1. The number of nitrogens with zero attached hydrogens (tertiary/aromatic N) is 1. The van der Waals surface area contributed by atoms with E-state index in [9.17, 15) is 18.7 Å². The molecular weight excluding hydrogens is 418 g/mol. The monoisotopic (exact) mass is 436 g/mol. The molecular formula is C19H19BrNO4S-. The molecule has 138 valence electrons. The van der Waals surface area contributed by atoms with Gasteiger partial charge in [-0.1, -0.05) is 59.5 Å². The highest BCUT2D eigenvalue weighted by Gasteiger charge is 2.46. The van der Waals surface area contributed by atoms with Gasteiger partial charge in [0, 0.05) is 21.4 Å². The second-order valence-electron chi connectivity index (χ2n) is 6.46. The Bertz CT molecular complexity index is 801. The summed E-state index contributed by atoms with van der Waals surface area (Å²) in [4.78, 5) is 12.0. The molecule has 0 radical (unpaired) electrons. The average molecular weight is 437 g/mol. The van der Waals surface area contributed by atoms with Gasteiger partial charge in [-0.3, -0.25) is 8.51 Å². The minimum absolute atomic E-state index is 0.324. The topological polar surface area (TPSA) is 80.7 Å². The first-order valence-corrected chi connectivity index (χ1v) is 10.3. The fraction of sp³-hybridized carbons (Fsp3) is 0.316. The first kappa shape index (κ1) is 19.1. The molecule has 1 aliphatic carbocycles. The predicted molar refractivity (Wildman–Crippen MR) is 104 cm³/mol. The number of halogens is 1. The van der Waals surface area contributed by atoms with Gasteiger partial charge in [-0.15, -0.1) is 0 Å². The van der Waals surface area contributed by atoms with Gasteiger partial charge in [0.05, 0.1) is 0 Å². The standard InChI is InChI=1S/C19H20BrNO4S/c20-16-8-4-14(5-9-16)15-6-10-17(11-7-15)21(26(24)25)19(18(22)23)12-2-1-3-13-19/h4-11H,1-3,12-13H2,(H,22,23)(H,24,25)/p-1. The second kappa shape index (κ2) is 7.90. The molecule has 1 saturated carbocycles. The lowest BCUT2D eigenvalue weighted by atomic mass is 9.81. The van der Waals surface area contributed by atoms with Crippen LogP contribution in [0.3, 0.4) is 0 Å². The molecule has 0 saturated heterocycles. The Balaban J connectivity index is 1.97. The molecule has 1 N–H and O–H groups in total. The van der Waals surface area contributed by atoms with E-state index in [1.807, 2.05) is 36.4 Å². The zero-order valence-electron chi connectivity index (χ0n) is 14.1.